The van der Waals surface area contributed by atoms with E-state index in [4.69, 9.17) is 5.11 Å². The molecular weight excluding hydrogens is 286 g/mol. The predicted octanol–water partition coefficient (Wildman–Crippen LogP) is 2.75. The second-order valence-corrected chi connectivity index (χ2v) is 5.52. The van der Waals surface area contributed by atoms with E-state index in [-0.39, 0.29) is 5.41 Å². The number of alkyl halides is 2. The standard InChI is InChI=1S/C9H12FIO2/c10-6(11)8-1-3-9(5-8,4-2-8)7(12)13/h6H,1-5H2,(H,12,13). The second kappa shape index (κ2) is 2.81. The Bertz CT molecular complexity index is 244. The Kier molecular flexibility index (Phi) is 2.09. The molecule has 0 heterocycles. The fraction of sp³-hybridized carbons (Fsp3) is 0.889. The SMILES string of the molecule is O=C(O)C12CCC(C(F)I)(CC1)C2. The molecule has 1 atom stereocenters. The van der Waals surface area contributed by atoms with Gasteiger partial charge < -0.3 is 5.11 Å². The normalized spacial score (nSPS) is 45.1. The Morgan fingerprint density at radius 2 is 1.92 bits per heavy atom. The maximum atomic E-state index is 13.3. The maximum absolute atomic E-state index is 13.3. The summed E-state index contributed by atoms with van der Waals surface area (Å²) in [7, 11) is 0. The molecule has 2 aliphatic carbocycles. The molecule has 2 bridgehead atoms. The van der Waals surface area contributed by atoms with Crippen LogP contribution in [0, 0.1) is 10.8 Å². The Labute approximate surface area is 90.0 Å². The van der Waals surface area contributed by atoms with Crippen molar-refractivity contribution in [2.75, 3.05) is 0 Å². The van der Waals surface area contributed by atoms with E-state index in [1.807, 2.05) is 0 Å². The van der Waals surface area contributed by atoms with Gasteiger partial charge in [-0.05, 0) is 54.7 Å². The highest BCUT2D eigenvalue weighted by Gasteiger charge is 2.60. The smallest absolute Gasteiger partial charge is 0.309 e. The van der Waals surface area contributed by atoms with Crippen LogP contribution in [-0.2, 0) is 4.79 Å². The summed E-state index contributed by atoms with van der Waals surface area (Å²) in [5, 5.41) is 9.06. The van der Waals surface area contributed by atoms with Crippen molar-refractivity contribution in [2.45, 2.75) is 36.3 Å². The van der Waals surface area contributed by atoms with Gasteiger partial charge in [-0.2, -0.15) is 0 Å². The maximum Gasteiger partial charge on any atom is 0.309 e. The van der Waals surface area contributed by atoms with E-state index < -0.39 is 15.6 Å². The first-order chi connectivity index (χ1) is 6.01. The van der Waals surface area contributed by atoms with Gasteiger partial charge in [0.1, 0.15) is 0 Å². The first-order valence-corrected chi connectivity index (χ1v) is 5.77. The van der Waals surface area contributed by atoms with E-state index in [1.54, 1.807) is 22.6 Å². The van der Waals surface area contributed by atoms with Crippen LogP contribution in [0.3, 0.4) is 0 Å². The van der Waals surface area contributed by atoms with Crippen LogP contribution >= 0.6 is 22.6 Å². The van der Waals surface area contributed by atoms with Crippen LogP contribution in [0.15, 0.2) is 0 Å². The number of carbonyl (C=O) groups is 1. The number of aliphatic carboxylic acids is 1. The van der Waals surface area contributed by atoms with Gasteiger partial charge in [0.05, 0.1) is 5.41 Å². The van der Waals surface area contributed by atoms with Gasteiger partial charge in [-0.15, -0.1) is 0 Å². The molecule has 1 N–H and O–H groups in total. The van der Waals surface area contributed by atoms with E-state index in [0.29, 0.717) is 19.3 Å². The lowest BCUT2D eigenvalue weighted by Crippen LogP contribution is -2.25. The van der Waals surface area contributed by atoms with Crippen molar-refractivity contribution in [3.05, 3.63) is 0 Å². The van der Waals surface area contributed by atoms with Gasteiger partial charge in [-0.3, -0.25) is 4.79 Å². The molecule has 2 nitrogen and oxygen atoms in total. The zero-order valence-corrected chi connectivity index (χ0v) is 9.38. The Morgan fingerprint density at radius 3 is 2.15 bits per heavy atom. The summed E-state index contributed by atoms with van der Waals surface area (Å²) >= 11 is 1.79. The van der Waals surface area contributed by atoms with Gasteiger partial charge in [-0.1, -0.05) is 0 Å². The minimum atomic E-state index is -0.881. The molecule has 2 saturated carbocycles. The number of rotatable bonds is 2. The molecule has 0 aliphatic heterocycles. The molecule has 2 aliphatic rings. The summed E-state index contributed by atoms with van der Waals surface area (Å²) in [5.41, 5.74) is -0.880. The number of carboxylic acid groups (broad SMARTS) is 1. The van der Waals surface area contributed by atoms with Gasteiger partial charge in [0.2, 0.25) is 0 Å². The third-order valence-corrected chi connectivity index (χ3v) is 5.13. The third kappa shape index (κ3) is 1.21. The van der Waals surface area contributed by atoms with E-state index in [1.165, 1.54) is 0 Å². The van der Waals surface area contributed by atoms with E-state index >= 15 is 0 Å². The van der Waals surface area contributed by atoms with Crippen LogP contribution in [-0.4, -0.2) is 15.3 Å². The summed E-state index contributed by atoms with van der Waals surface area (Å²) in [4.78, 5) is 11.0. The zero-order valence-electron chi connectivity index (χ0n) is 7.22. The van der Waals surface area contributed by atoms with Crippen molar-refractivity contribution in [2.24, 2.45) is 10.8 Å². The highest BCUT2D eigenvalue weighted by Crippen LogP contribution is 2.64. The average molecular weight is 298 g/mol. The molecule has 0 saturated heterocycles. The molecule has 13 heavy (non-hydrogen) atoms. The largest absolute Gasteiger partial charge is 0.481 e. The lowest BCUT2D eigenvalue weighted by molar-refractivity contribution is -0.148. The Balaban J connectivity index is 2.24. The van der Waals surface area contributed by atoms with Gasteiger partial charge in [0, 0.05) is 5.41 Å². The van der Waals surface area contributed by atoms with Crippen molar-refractivity contribution in [1.82, 2.24) is 0 Å². The topological polar surface area (TPSA) is 37.3 Å². The molecule has 74 valence electrons. The van der Waals surface area contributed by atoms with Gasteiger partial charge in [0.15, 0.2) is 4.18 Å². The molecule has 0 aromatic rings. The average Bonchev–Trinajstić information content (AvgIpc) is 2.61. The van der Waals surface area contributed by atoms with E-state index in [0.717, 1.165) is 12.8 Å². The molecule has 0 amide bonds. The molecule has 0 radical (unpaired) electrons. The monoisotopic (exact) mass is 298 g/mol. The summed E-state index contributed by atoms with van der Waals surface area (Å²) < 4.78 is 12.4. The van der Waals surface area contributed by atoms with Crippen LogP contribution in [0.4, 0.5) is 4.39 Å². The van der Waals surface area contributed by atoms with Crippen LogP contribution < -0.4 is 0 Å². The molecule has 0 aromatic heterocycles. The number of halogens is 2. The lowest BCUT2D eigenvalue weighted by Gasteiger charge is -2.26. The highest BCUT2D eigenvalue weighted by molar-refractivity contribution is 14.1. The van der Waals surface area contributed by atoms with Crippen LogP contribution in [0.25, 0.3) is 0 Å². The third-order valence-electron chi connectivity index (χ3n) is 3.81. The lowest BCUT2D eigenvalue weighted by atomic mass is 9.83. The molecule has 0 aromatic carbocycles. The molecule has 2 fully saturated rings. The molecule has 0 spiro atoms. The first kappa shape index (κ1) is 9.68. The number of hydrogen-bond acceptors (Lipinski definition) is 1. The zero-order chi connectivity index (χ0) is 9.69. The fourth-order valence-corrected chi connectivity index (χ4v) is 3.68. The fourth-order valence-electron chi connectivity index (χ4n) is 2.84. The first-order valence-electron chi connectivity index (χ1n) is 4.52. The second-order valence-electron chi connectivity index (χ2n) is 4.43. The summed E-state index contributed by atoms with van der Waals surface area (Å²) in [6.45, 7) is 0. The number of fused-ring (bicyclic) bond motifs is 2. The molecule has 2 rings (SSSR count). The Morgan fingerprint density at radius 1 is 1.38 bits per heavy atom. The minimum absolute atomic E-state index is 0.307. The van der Waals surface area contributed by atoms with Crippen molar-refractivity contribution < 1.29 is 14.3 Å². The van der Waals surface area contributed by atoms with Crippen LogP contribution in [0.2, 0.25) is 0 Å². The van der Waals surface area contributed by atoms with E-state index in [9.17, 15) is 9.18 Å². The number of hydrogen-bond donors (Lipinski definition) is 1. The van der Waals surface area contributed by atoms with Crippen molar-refractivity contribution >= 4 is 28.6 Å². The molecule has 4 heteroatoms. The Hall–Kier alpha value is 0.130. The number of carboxylic acids is 1. The van der Waals surface area contributed by atoms with Crippen LogP contribution in [0.1, 0.15) is 32.1 Å². The molecular formula is C9H12FIO2. The van der Waals surface area contributed by atoms with Crippen molar-refractivity contribution in [3.8, 4) is 0 Å². The van der Waals surface area contributed by atoms with Crippen LogP contribution in [0.5, 0.6) is 0 Å². The quantitative estimate of drug-likeness (QED) is 0.629. The minimum Gasteiger partial charge on any atom is -0.481 e. The van der Waals surface area contributed by atoms with Gasteiger partial charge in [-0.25, -0.2) is 4.39 Å². The van der Waals surface area contributed by atoms with Gasteiger partial charge >= 0.3 is 5.97 Å². The summed E-state index contributed by atoms with van der Waals surface area (Å²) in [5.74, 6) is -0.719. The van der Waals surface area contributed by atoms with E-state index in [2.05, 4.69) is 0 Å². The van der Waals surface area contributed by atoms with Crippen molar-refractivity contribution in [3.63, 3.8) is 0 Å². The molecule has 1 unspecified atom stereocenters. The van der Waals surface area contributed by atoms with Gasteiger partial charge in [0.25, 0.3) is 0 Å². The van der Waals surface area contributed by atoms with Crippen molar-refractivity contribution in [1.29, 1.82) is 0 Å². The highest BCUT2D eigenvalue weighted by atomic mass is 127. The predicted molar refractivity (Wildman–Crippen MR) is 54.5 cm³/mol. The summed E-state index contributed by atoms with van der Waals surface area (Å²) in [6, 6.07) is 0. The summed E-state index contributed by atoms with van der Waals surface area (Å²) in [6.07, 6.45) is 3.41.